The van der Waals surface area contributed by atoms with Gasteiger partial charge < -0.3 is 15.5 Å². The molecule has 37 heavy (non-hydrogen) atoms. The predicted molar refractivity (Wildman–Crippen MR) is 146 cm³/mol. The van der Waals surface area contributed by atoms with Crippen LogP contribution in [0.15, 0.2) is 79.0 Å². The van der Waals surface area contributed by atoms with Crippen molar-refractivity contribution in [3.8, 4) is 0 Å². The molecule has 0 radical (unpaired) electrons. The molecule has 0 spiro atoms. The first-order valence-electron chi connectivity index (χ1n) is 12.6. The summed E-state index contributed by atoms with van der Waals surface area (Å²) in [6.07, 6.45) is 8.32. The number of fused-ring (bicyclic) bond motifs is 2. The lowest BCUT2D eigenvalue weighted by molar-refractivity contribution is -0.134. The minimum Gasteiger partial charge on any atom is -0.466 e. The van der Waals surface area contributed by atoms with E-state index in [0.29, 0.717) is 5.56 Å². The number of ether oxygens (including phenoxy) is 1. The summed E-state index contributed by atoms with van der Waals surface area (Å²) in [5.41, 5.74) is 13.2. The fourth-order valence-electron chi connectivity index (χ4n) is 5.29. The molecule has 1 aromatic heterocycles. The molecule has 5 rings (SSSR count). The second kappa shape index (κ2) is 10.8. The van der Waals surface area contributed by atoms with Crippen LogP contribution in [0.4, 0.5) is 0 Å². The molecule has 1 aliphatic rings. The van der Waals surface area contributed by atoms with Crippen LogP contribution in [-0.2, 0) is 28.9 Å². The standard InChI is InChI=1S/C31H31N3O3/c1-37-30(35)15-9-21-8-13-27-24(18-21)12-14-29(27)34(20-22-6-10-23(11-7-22)31(32)36)17-16-25-19-33-28-5-3-2-4-26(25)28/h2-11,13,15,18-19,29,33H,12,14,16-17,20H2,1H3,(H2,32,36)/b15-9+. The van der Waals surface area contributed by atoms with Crippen molar-refractivity contribution in [2.45, 2.75) is 31.8 Å². The lowest BCUT2D eigenvalue weighted by atomic mass is 10.0. The zero-order valence-corrected chi connectivity index (χ0v) is 20.9. The molecule has 3 aromatic carbocycles. The molecule has 1 atom stereocenters. The Kier molecular flexibility index (Phi) is 7.19. The molecular formula is C31H31N3O3. The van der Waals surface area contributed by atoms with E-state index in [9.17, 15) is 9.59 Å². The minimum atomic E-state index is -0.412. The van der Waals surface area contributed by atoms with Gasteiger partial charge in [-0.15, -0.1) is 0 Å². The van der Waals surface area contributed by atoms with Gasteiger partial charge in [0.05, 0.1) is 7.11 Å². The lowest BCUT2D eigenvalue weighted by Crippen LogP contribution is -2.29. The van der Waals surface area contributed by atoms with Crippen LogP contribution in [0.25, 0.3) is 17.0 Å². The van der Waals surface area contributed by atoms with E-state index >= 15 is 0 Å². The SMILES string of the molecule is COC(=O)/C=C/c1ccc2c(c1)CCC2N(CCc1c[nH]c2ccccc12)Cc1ccc(C(N)=O)cc1. The Balaban J connectivity index is 1.40. The van der Waals surface area contributed by atoms with E-state index in [4.69, 9.17) is 10.5 Å². The average Bonchev–Trinajstić information content (AvgIpc) is 3.54. The minimum absolute atomic E-state index is 0.287. The van der Waals surface area contributed by atoms with Crippen molar-refractivity contribution < 1.29 is 14.3 Å². The molecule has 0 bridgehead atoms. The number of esters is 1. The maximum Gasteiger partial charge on any atom is 0.330 e. The predicted octanol–water partition coefficient (Wildman–Crippen LogP) is 5.19. The molecule has 0 fully saturated rings. The second-order valence-corrected chi connectivity index (χ2v) is 9.51. The number of aromatic amines is 1. The van der Waals surface area contributed by atoms with Gasteiger partial charge in [0.25, 0.3) is 0 Å². The van der Waals surface area contributed by atoms with Crippen LogP contribution in [0.1, 0.15) is 50.6 Å². The number of methoxy groups -OCH3 is 1. The van der Waals surface area contributed by atoms with E-state index in [1.807, 2.05) is 12.1 Å². The number of H-pyrrole nitrogens is 1. The first kappa shape index (κ1) is 24.5. The first-order valence-corrected chi connectivity index (χ1v) is 12.6. The fourth-order valence-corrected chi connectivity index (χ4v) is 5.29. The number of para-hydroxylation sites is 1. The summed E-state index contributed by atoms with van der Waals surface area (Å²) in [7, 11) is 1.38. The molecule has 1 heterocycles. The van der Waals surface area contributed by atoms with Crippen molar-refractivity contribution in [2.75, 3.05) is 13.7 Å². The topological polar surface area (TPSA) is 88.4 Å². The first-order chi connectivity index (χ1) is 18.0. The van der Waals surface area contributed by atoms with E-state index < -0.39 is 5.91 Å². The molecule has 1 amide bonds. The Morgan fingerprint density at radius 3 is 2.70 bits per heavy atom. The number of amides is 1. The van der Waals surface area contributed by atoms with Crippen molar-refractivity contribution in [2.24, 2.45) is 5.73 Å². The van der Waals surface area contributed by atoms with Gasteiger partial charge in [0.2, 0.25) is 5.91 Å². The number of hydrogen-bond donors (Lipinski definition) is 2. The van der Waals surface area contributed by atoms with E-state index in [1.54, 1.807) is 18.2 Å². The molecule has 0 saturated heterocycles. The normalized spacial score (nSPS) is 14.9. The lowest BCUT2D eigenvalue weighted by Gasteiger charge is -2.30. The van der Waals surface area contributed by atoms with Crippen molar-refractivity contribution in [3.05, 3.63) is 112 Å². The van der Waals surface area contributed by atoms with Crippen molar-refractivity contribution in [1.29, 1.82) is 0 Å². The summed E-state index contributed by atoms with van der Waals surface area (Å²) in [5.74, 6) is -0.770. The summed E-state index contributed by atoms with van der Waals surface area (Å²) in [5, 5.41) is 1.27. The summed E-state index contributed by atoms with van der Waals surface area (Å²) in [4.78, 5) is 29.0. The molecule has 4 aromatic rings. The summed E-state index contributed by atoms with van der Waals surface area (Å²) >= 11 is 0. The number of primary amides is 1. The number of aromatic nitrogens is 1. The molecule has 3 N–H and O–H groups in total. The van der Waals surface area contributed by atoms with Crippen LogP contribution in [-0.4, -0.2) is 35.4 Å². The number of carbonyl (C=O) groups excluding carboxylic acids is 2. The summed E-state index contributed by atoms with van der Waals surface area (Å²) in [6.45, 7) is 1.67. The monoisotopic (exact) mass is 493 g/mol. The van der Waals surface area contributed by atoms with Gasteiger partial charge in [0, 0.05) is 47.9 Å². The number of hydrogen-bond acceptors (Lipinski definition) is 4. The smallest absolute Gasteiger partial charge is 0.330 e. The summed E-state index contributed by atoms with van der Waals surface area (Å²) in [6, 6.07) is 22.7. The molecule has 0 saturated carbocycles. The van der Waals surface area contributed by atoms with Gasteiger partial charge in [-0.1, -0.05) is 48.5 Å². The molecular weight excluding hydrogens is 462 g/mol. The largest absolute Gasteiger partial charge is 0.466 e. The zero-order chi connectivity index (χ0) is 25.8. The molecule has 1 aliphatic carbocycles. The molecule has 0 aliphatic heterocycles. The number of carbonyl (C=O) groups is 2. The van der Waals surface area contributed by atoms with Crippen molar-refractivity contribution in [3.63, 3.8) is 0 Å². The quantitative estimate of drug-likeness (QED) is 0.248. The van der Waals surface area contributed by atoms with Gasteiger partial charge in [-0.25, -0.2) is 4.79 Å². The van der Waals surface area contributed by atoms with Crippen LogP contribution >= 0.6 is 0 Å². The number of nitrogens with zero attached hydrogens (tertiary/aromatic N) is 1. The van der Waals surface area contributed by atoms with Crippen LogP contribution in [0, 0.1) is 0 Å². The Labute approximate surface area is 216 Å². The van der Waals surface area contributed by atoms with Gasteiger partial charge in [-0.3, -0.25) is 9.69 Å². The van der Waals surface area contributed by atoms with Crippen molar-refractivity contribution >= 4 is 28.9 Å². The Bertz CT molecular complexity index is 1450. The van der Waals surface area contributed by atoms with Gasteiger partial charge >= 0.3 is 5.97 Å². The number of nitrogens with one attached hydrogen (secondary N) is 1. The molecule has 6 nitrogen and oxygen atoms in total. The highest BCUT2D eigenvalue weighted by Gasteiger charge is 2.28. The third-order valence-corrected chi connectivity index (χ3v) is 7.23. The van der Waals surface area contributed by atoms with Gasteiger partial charge in [0.1, 0.15) is 0 Å². The Morgan fingerprint density at radius 2 is 1.92 bits per heavy atom. The Morgan fingerprint density at radius 1 is 1.11 bits per heavy atom. The highest BCUT2D eigenvalue weighted by molar-refractivity contribution is 5.92. The van der Waals surface area contributed by atoms with E-state index in [-0.39, 0.29) is 12.0 Å². The highest BCUT2D eigenvalue weighted by atomic mass is 16.5. The highest BCUT2D eigenvalue weighted by Crippen LogP contribution is 2.37. The van der Waals surface area contributed by atoms with Crippen LogP contribution < -0.4 is 5.73 Å². The van der Waals surface area contributed by atoms with Crippen LogP contribution in [0.3, 0.4) is 0 Å². The van der Waals surface area contributed by atoms with Crippen molar-refractivity contribution in [1.82, 2.24) is 9.88 Å². The number of benzene rings is 3. The Hall–Kier alpha value is -4.16. The molecule has 188 valence electrons. The van der Waals surface area contributed by atoms with E-state index in [0.717, 1.165) is 49.0 Å². The van der Waals surface area contributed by atoms with Gasteiger partial charge in [-0.05, 0) is 71.4 Å². The number of nitrogens with two attached hydrogens (primary N) is 1. The molecule has 1 unspecified atom stereocenters. The maximum absolute atomic E-state index is 11.5. The van der Waals surface area contributed by atoms with E-state index in [2.05, 4.69) is 58.5 Å². The third kappa shape index (κ3) is 5.49. The van der Waals surface area contributed by atoms with Crippen LogP contribution in [0.5, 0.6) is 0 Å². The second-order valence-electron chi connectivity index (χ2n) is 9.51. The maximum atomic E-state index is 11.5. The van der Waals surface area contributed by atoms with Crippen LogP contribution in [0.2, 0.25) is 0 Å². The molecule has 6 heteroatoms. The number of rotatable bonds is 9. The van der Waals surface area contributed by atoms with Gasteiger partial charge in [-0.2, -0.15) is 0 Å². The zero-order valence-electron chi connectivity index (χ0n) is 20.9. The average molecular weight is 494 g/mol. The number of aryl methyl sites for hydroxylation is 1. The fraction of sp³-hybridized carbons (Fsp3) is 0.226. The third-order valence-electron chi connectivity index (χ3n) is 7.23. The summed E-state index contributed by atoms with van der Waals surface area (Å²) < 4.78 is 4.71. The van der Waals surface area contributed by atoms with E-state index in [1.165, 1.54) is 35.3 Å². The van der Waals surface area contributed by atoms with Gasteiger partial charge in [0.15, 0.2) is 0 Å².